The molecule has 75 valence electrons. The van der Waals surface area contributed by atoms with E-state index in [2.05, 4.69) is 13.0 Å². The van der Waals surface area contributed by atoms with Gasteiger partial charge < -0.3 is 0 Å². The first-order valence-electron chi connectivity index (χ1n) is 5.39. The zero-order valence-electron chi connectivity index (χ0n) is 8.65. The maximum atomic E-state index is 6.24. The highest BCUT2D eigenvalue weighted by Gasteiger charge is 2.19. The molecule has 2 rings (SSSR count). The Balaban J connectivity index is 2.29. The van der Waals surface area contributed by atoms with Crippen molar-refractivity contribution in [3.8, 4) is 0 Å². The van der Waals surface area contributed by atoms with Gasteiger partial charge in [0.25, 0.3) is 0 Å². The van der Waals surface area contributed by atoms with Gasteiger partial charge in [-0.3, -0.25) is 0 Å². The Labute approximate surface area is 91.3 Å². The molecule has 0 nitrogen and oxygen atoms in total. The van der Waals surface area contributed by atoms with Gasteiger partial charge in [0.15, 0.2) is 0 Å². The number of halogens is 1. The van der Waals surface area contributed by atoms with Crippen LogP contribution < -0.4 is 0 Å². The molecule has 1 heteroatoms. The largest absolute Gasteiger partial charge is 0.0840 e. The second-order valence-corrected chi connectivity index (χ2v) is 4.50. The Morgan fingerprint density at radius 1 is 1.07 bits per heavy atom. The molecule has 0 bridgehead atoms. The first kappa shape index (κ1) is 10.0. The minimum atomic E-state index is 0.932. The molecule has 1 saturated carbocycles. The van der Waals surface area contributed by atoms with E-state index in [-0.39, 0.29) is 0 Å². The molecule has 1 fully saturated rings. The molecular weight excluding hydrogens is 192 g/mol. The summed E-state index contributed by atoms with van der Waals surface area (Å²) in [4.78, 5) is 0. The predicted octanol–water partition coefficient (Wildman–Crippen LogP) is 4.54. The SMILES string of the molecule is Cc1cccc(Cl)c1[C]1CCCCC1. The van der Waals surface area contributed by atoms with Crippen LogP contribution in [0.1, 0.15) is 43.2 Å². The molecule has 1 aliphatic carbocycles. The van der Waals surface area contributed by atoms with Crippen molar-refractivity contribution in [3.63, 3.8) is 0 Å². The van der Waals surface area contributed by atoms with Gasteiger partial charge in [-0.1, -0.05) is 43.0 Å². The summed E-state index contributed by atoms with van der Waals surface area (Å²) in [6.45, 7) is 2.16. The molecule has 14 heavy (non-hydrogen) atoms. The number of hydrogen-bond donors (Lipinski definition) is 0. The number of aryl methyl sites for hydroxylation is 1. The van der Waals surface area contributed by atoms with E-state index in [1.165, 1.54) is 43.2 Å². The third kappa shape index (κ3) is 1.95. The van der Waals surface area contributed by atoms with Gasteiger partial charge in [-0.15, -0.1) is 0 Å². The highest BCUT2D eigenvalue weighted by atomic mass is 35.5. The van der Waals surface area contributed by atoms with Crippen molar-refractivity contribution in [2.24, 2.45) is 0 Å². The molecule has 1 aliphatic rings. The number of rotatable bonds is 1. The van der Waals surface area contributed by atoms with E-state index in [4.69, 9.17) is 11.6 Å². The van der Waals surface area contributed by atoms with Crippen molar-refractivity contribution < 1.29 is 0 Å². The first-order valence-corrected chi connectivity index (χ1v) is 5.77. The maximum Gasteiger partial charge on any atom is 0.0446 e. The minimum absolute atomic E-state index is 0.932. The van der Waals surface area contributed by atoms with Crippen LogP contribution in [0.5, 0.6) is 0 Å². The normalized spacial score (nSPS) is 18.4. The van der Waals surface area contributed by atoms with E-state index in [0.29, 0.717) is 0 Å². The van der Waals surface area contributed by atoms with Crippen LogP contribution in [0.15, 0.2) is 18.2 Å². The second-order valence-electron chi connectivity index (χ2n) is 4.10. The molecule has 0 N–H and O–H groups in total. The molecule has 1 radical (unpaired) electrons. The number of benzene rings is 1. The predicted molar refractivity (Wildman–Crippen MR) is 61.6 cm³/mol. The fourth-order valence-corrected chi connectivity index (χ4v) is 2.66. The fourth-order valence-electron chi connectivity index (χ4n) is 2.31. The lowest BCUT2D eigenvalue weighted by molar-refractivity contribution is 0.550. The van der Waals surface area contributed by atoms with Gasteiger partial charge in [0, 0.05) is 10.9 Å². The Bertz CT molecular complexity index is 291. The zero-order chi connectivity index (χ0) is 9.97. The van der Waals surface area contributed by atoms with Crippen LogP contribution in [0, 0.1) is 12.8 Å². The lowest BCUT2D eigenvalue weighted by Crippen LogP contribution is -2.07. The third-order valence-corrected chi connectivity index (χ3v) is 3.35. The molecule has 0 amide bonds. The van der Waals surface area contributed by atoms with Crippen molar-refractivity contribution in [2.45, 2.75) is 39.0 Å². The van der Waals surface area contributed by atoms with Gasteiger partial charge in [-0.05, 0) is 37.0 Å². The topological polar surface area (TPSA) is 0 Å². The summed E-state index contributed by atoms with van der Waals surface area (Å²) in [5.74, 6) is 1.57. The Hall–Kier alpha value is -0.490. The van der Waals surface area contributed by atoms with Crippen LogP contribution in [-0.4, -0.2) is 0 Å². The lowest BCUT2D eigenvalue weighted by Gasteiger charge is -2.23. The average molecular weight is 208 g/mol. The monoisotopic (exact) mass is 207 g/mol. The second kappa shape index (κ2) is 4.35. The maximum absolute atomic E-state index is 6.24. The Kier molecular flexibility index (Phi) is 3.12. The van der Waals surface area contributed by atoms with Crippen molar-refractivity contribution in [3.05, 3.63) is 40.3 Å². The van der Waals surface area contributed by atoms with Crippen molar-refractivity contribution in [2.75, 3.05) is 0 Å². The summed E-state index contributed by atoms with van der Waals surface area (Å²) >= 11 is 6.24. The van der Waals surface area contributed by atoms with Crippen molar-refractivity contribution >= 4 is 11.6 Å². The van der Waals surface area contributed by atoms with Gasteiger partial charge in [0.1, 0.15) is 0 Å². The standard InChI is InChI=1S/C13H16Cl/c1-10-6-5-9-12(14)13(10)11-7-3-2-4-8-11/h5-6,9H,2-4,7-8H2,1H3. The Morgan fingerprint density at radius 3 is 2.43 bits per heavy atom. The molecule has 1 aromatic rings. The molecule has 0 aromatic heterocycles. The minimum Gasteiger partial charge on any atom is -0.0840 e. The summed E-state index contributed by atoms with van der Waals surface area (Å²) in [6, 6.07) is 6.19. The molecule has 1 aromatic carbocycles. The van der Waals surface area contributed by atoms with Gasteiger partial charge >= 0.3 is 0 Å². The van der Waals surface area contributed by atoms with Crippen molar-refractivity contribution in [1.29, 1.82) is 0 Å². The van der Waals surface area contributed by atoms with Crippen LogP contribution in [0.25, 0.3) is 0 Å². The number of hydrogen-bond acceptors (Lipinski definition) is 0. The van der Waals surface area contributed by atoms with Gasteiger partial charge in [-0.25, -0.2) is 0 Å². The van der Waals surface area contributed by atoms with E-state index >= 15 is 0 Å². The van der Waals surface area contributed by atoms with Crippen LogP contribution in [0.4, 0.5) is 0 Å². The van der Waals surface area contributed by atoms with E-state index in [9.17, 15) is 0 Å². The summed E-state index contributed by atoms with van der Waals surface area (Å²) in [6.07, 6.45) is 6.53. The molecule has 0 heterocycles. The molecule has 0 spiro atoms. The van der Waals surface area contributed by atoms with Crippen molar-refractivity contribution in [1.82, 2.24) is 0 Å². The third-order valence-electron chi connectivity index (χ3n) is 3.03. The highest BCUT2D eigenvalue weighted by Crippen LogP contribution is 2.36. The molecule has 0 atom stereocenters. The van der Waals surface area contributed by atoms with Gasteiger partial charge in [0.05, 0.1) is 0 Å². The van der Waals surface area contributed by atoms with E-state index in [1.807, 2.05) is 12.1 Å². The van der Waals surface area contributed by atoms with E-state index in [1.54, 1.807) is 5.92 Å². The van der Waals surface area contributed by atoms with Gasteiger partial charge in [-0.2, -0.15) is 0 Å². The van der Waals surface area contributed by atoms with Crippen LogP contribution in [0.3, 0.4) is 0 Å². The molecule has 0 unspecified atom stereocenters. The van der Waals surface area contributed by atoms with Crippen LogP contribution >= 0.6 is 11.6 Å². The molecule has 0 saturated heterocycles. The molecule has 0 aliphatic heterocycles. The highest BCUT2D eigenvalue weighted by molar-refractivity contribution is 6.31. The summed E-state index contributed by atoms with van der Waals surface area (Å²) in [5, 5.41) is 0.932. The zero-order valence-corrected chi connectivity index (χ0v) is 9.40. The average Bonchev–Trinajstić information content (AvgIpc) is 2.19. The van der Waals surface area contributed by atoms with Gasteiger partial charge in [0.2, 0.25) is 0 Å². The summed E-state index contributed by atoms with van der Waals surface area (Å²) < 4.78 is 0. The van der Waals surface area contributed by atoms with Crippen LogP contribution in [0.2, 0.25) is 5.02 Å². The fraction of sp³-hybridized carbons (Fsp3) is 0.462. The summed E-state index contributed by atoms with van der Waals surface area (Å²) in [7, 11) is 0. The molecular formula is C13H16Cl. The smallest absolute Gasteiger partial charge is 0.0446 e. The summed E-state index contributed by atoms with van der Waals surface area (Å²) in [5.41, 5.74) is 2.66. The lowest BCUT2D eigenvalue weighted by atomic mass is 9.82. The Morgan fingerprint density at radius 2 is 1.79 bits per heavy atom. The quantitative estimate of drug-likeness (QED) is 0.635. The first-order chi connectivity index (χ1) is 6.79. The van der Waals surface area contributed by atoms with E-state index in [0.717, 1.165) is 5.02 Å². The van der Waals surface area contributed by atoms with E-state index < -0.39 is 0 Å². The van der Waals surface area contributed by atoms with Crippen LogP contribution in [-0.2, 0) is 0 Å².